The maximum absolute atomic E-state index is 13.1. The highest BCUT2D eigenvalue weighted by Crippen LogP contribution is 2.21. The minimum absolute atomic E-state index is 0.0859. The van der Waals surface area contributed by atoms with E-state index in [2.05, 4.69) is 5.32 Å². The molecular formula is C17H17ClFNO4S. The van der Waals surface area contributed by atoms with Crippen molar-refractivity contribution in [3.05, 3.63) is 58.9 Å². The number of nitrogens with one attached hydrogen (secondary N) is 1. The van der Waals surface area contributed by atoms with Crippen molar-refractivity contribution in [2.75, 3.05) is 12.9 Å². The molecule has 8 heteroatoms. The molecule has 0 fully saturated rings. The first-order valence-electron chi connectivity index (χ1n) is 7.34. The predicted molar refractivity (Wildman–Crippen MR) is 93.0 cm³/mol. The van der Waals surface area contributed by atoms with E-state index in [0.29, 0.717) is 0 Å². The highest BCUT2D eigenvalue weighted by atomic mass is 35.5. The Kier molecular flexibility index (Phi) is 6.02. The van der Waals surface area contributed by atoms with Gasteiger partial charge in [0.1, 0.15) is 11.6 Å². The monoisotopic (exact) mass is 385 g/mol. The summed E-state index contributed by atoms with van der Waals surface area (Å²) in [5, 5.41) is 2.64. The summed E-state index contributed by atoms with van der Waals surface area (Å²) >= 11 is 5.64. The largest absolute Gasteiger partial charge is 0.484 e. The molecule has 0 heterocycles. The van der Waals surface area contributed by atoms with E-state index in [0.717, 1.165) is 17.9 Å². The number of hydrogen-bond donors (Lipinski definition) is 1. The molecule has 1 atom stereocenters. The van der Waals surface area contributed by atoms with Crippen molar-refractivity contribution >= 4 is 27.3 Å². The van der Waals surface area contributed by atoms with Gasteiger partial charge in [-0.25, -0.2) is 12.8 Å². The topological polar surface area (TPSA) is 72.5 Å². The van der Waals surface area contributed by atoms with Crippen molar-refractivity contribution < 1.29 is 22.3 Å². The first kappa shape index (κ1) is 19.2. The summed E-state index contributed by atoms with van der Waals surface area (Å²) in [4.78, 5) is 12.2. The van der Waals surface area contributed by atoms with Crippen LogP contribution in [0, 0.1) is 5.82 Å². The van der Waals surface area contributed by atoms with E-state index in [1.165, 1.54) is 24.3 Å². The van der Waals surface area contributed by atoms with E-state index < -0.39 is 15.7 Å². The van der Waals surface area contributed by atoms with Crippen molar-refractivity contribution in [3.63, 3.8) is 0 Å². The Morgan fingerprint density at radius 1 is 1.24 bits per heavy atom. The van der Waals surface area contributed by atoms with Gasteiger partial charge < -0.3 is 10.1 Å². The molecule has 2 aromatic carbocycles. The standard InChI is InChI=1S/C17H17ClFNO4S/c1-11(12-3-6-14(7-4-12)25(2,22)23)20-17(21)10-24-13-5-8-16(19)15(18)9-13/h3-9,11H,10H2,1-2H3,(H,20,21). The van der Waals surface area contributed by atoms with Crippen molar-refractivity contribution in [2.45, 2.75) is 17.9 Å². The Hall–Kier alpha value is -2.12. The zero-order valence-electron chi connectivity index (χ0n) is 13.6. The molecule has 1 amide bonds. The number of amides is 1. The van der Waals surface area contributed by atoms with Crippen LogP contribution in [-0.2, 0) is 14.6 Å². The number of carbonyl (C=O) groups is 1. The lowest BCUT2D eigenvalue weighted by Gasteiger charge is -2.15. The van der Waals surface area contributed by atoms with Crippen LogP contribution in [-0.4, -0.2) is 27.2 Å². The summed E-state index contributed by atoms with van der Waals surface area (Å²) in [6, 6.07) is 9.75. The fourth-order valence-corrected chi connectivity index (χ4v) is 2.89. The zero-order valence-corrected chi connectivity index (χ0v) is 15.2. The second-order valence-corrected chi connectivity index (χ2v) is 7.92. The normalized spacial score (nSPS) is 12.5. The summed E-state index contributed by atoms with van der Waals surface area (Å²) in [6.07, 6.45) is 1.13. The van der Waals surface area contributed by atoms with Crippen LogP contribution in [0.4, 0.5) is 4.39 Å². The number of hydrogen-bond acceptors (Lipinski definition) is 4. The molecule has 1 unspecified atom stereocenters. The summed E-state index contributed by atoms with van der Waals surface area (Å²) in [5.41, 5.74) is 0.755. The molecule has 0 saturated carbocycles. The molecule has 5 nitrogen and oxygen atoms in total. The molecule has 0 radical (unpaired) electrons. The van der Waals surface area contributed by atoms with Crippen molar-refractivity contribution in [3.8, 4) is 5.75 Å². The fraction of sp³-hybridized carbons (Fsp3) is 0.235. The van der Waals surface area contributed by atoms with Crippen LogP contribution in [0.3, 0.4) is 0 Å². The van der Waals surface area contributed by atoms with E-state index in [9.17, 15) is 17.6 Å². The third-order valence-electron chi connectivity index (χ3n) is 3.45. The van der Waals surface area contributed by atoms with E-state index >= 15 is 0 Å². The molecule has 0 aliphatic rings. The lowest BCUT2D eigenvalue weighted by molar-refractivity contribution is -0.123. The van der Waals surface area contributed by atoms with Gasteiger partial charge in [-0.1, -0.05) is 23.7 Å². The van der Waals surface area contributed by atoms with Gasteiger partial charge in [-0.2, -0.15) is 0 Å². The van der Waals surface area contributed by atoms with Crippen LogP contribution in [0.5, 0.6) is 5.75 Å². The van der Waals surface area contributed by atoms with Gasteiger partial charge in [-0.15, -0.1) is 0 Å². The molecule has 0 aliphatic heterocycles. The molecule has 0 aromatic heterocycles. The van der Waals surface area contributed by atoms with Gasteiger partial charge in [0, 0.05) is 12.3 Å². The van der Waals surface area contributed by atoms with E-state index in [1.807, 2.05) is 0 Å². The maximum Gasteiger partial charge on any atom is 0.258 e. The van der Waals surface area contributed by atoms with E-state index in [-0.39, 0.29) is 34.2 Å². The lowest BCUT2D eigenvalue weighted by atomic mass is 10.1. The van der Waals surface area contributed by atoms with Crippen LogP contribution in [0.15, 0.2) is 47.4 Å². The average Bonchev–Trinajstić information content (AvgIpc) is 2.55. The van der Waals surface area contributed by atoms with Crippen molar-refractivity contribution in [1.29, 1.82) is 0 Å². The second kappa shape index (κ2) is 7.84. The van der Waals surface area contributed by atoms with Crippen molar-refractivity contribution in [2.24, 2.45) is 0 Å². The van der Waals surface area contributed by atoms with Gasteiger partial charge in [0.25, 0.3) is 5.91 Å². The third kappa shape index (κ3) is 5.44. The van der Waals surface area contributed by atoms with Gasteiger partial charge in [0.2, 0.25) is 0 Å². The molecule has 1 N–H and O–H groups in total. The van der Waals surface area contributed by atoms with Gasteiger partial charge in [0.05, 0.1) is 16.0 Å². The number of carbonyl (C=O) groups excluding carboxylic acids is 1. The van der Waals surface area contributed by atoms with Gasteiger partial charge in [-0.3, -0.25) is 4.79 Å². The maximum atomic E-state index is 13.1. The molecule has 25 heavy (non-hydrogen) atoms. The smallest absolute Gasteiger partial charge is 0.258 e. The first-order chi connectivity index (χ1) is 11.7. The SMILES string of the molecule is CC(NC(=O)COc1ccc(F)c(Cl)c1)c1ccc(S(C)(=O)=O)cc1. The van der Waals surface area contributed by atoms with E-state index in [1.54, 1.807) is 19.1 Å². The Bertz CT molecular complexity index is 869. The number of sulfone groups is 1. The summed E-state index contributed by atoms with van der Waals surface area (Å²) < 4.78 is 41.2. The molecule has 0 spiro atoms. The highest BCUT2D eigenvalue weighted by molar-refractivity contribution is 7.90. The van der Waals surface area contributed by atoms with Crippen LogP contribution in [0.2, 0.25) is 5.02 Å². The van der Waals surface area contributed by atoms with Gasteiger partial charge >= 0.3 is 0 Å². The Labute approximate surface area is 150 Å². The quantitative estimate of drug-likeness (QED) is 0.829. The minimum atomic E-state index is -3.26. The number of halogens is 2. The molecule has 0 aliphatic carbocycles. The lowest BCUT2D eigenvalue weighted by Crippen LogP contribution is -2.31. The van der Waals surface area contributed by atoms with Gasteiger partial charge in [-0.05, 0) is 36.8 Å². The zero-order chi connectivity index (χ0) is 18.6. The Morgan fingerprint density at radius 3 is 2.44 bits per heavy atom. The summed E-state index contributed by atoms with van der Waals surface area (Å²) in [5.74, 6) is -0.656. The second-order valence-electron chi connectivity index (χ2n) is 5.49. The van der Waals surface area contributed by atoms with Gasteiger partial charge in [0.15, 0.2) is 16.4 Å². The highest BCUT2D eigenvalue weighted by Gasteiger charge is 2.12. The Balaban J connectivity index is 1.92. The van der Waals surface area contributed by atoms with Crippen molar-refractivity contribution in [1.82, 2.24) is 5.32 Å². The van der Waals surface area contributed by atoms with Crippen LogP contribution < -0.4 is 10.1 Å². The third-order valence-corrected chi connectivity index (χ3v) is 4.86. The molecule has 2 rings (SSSR count). The summed E-state index contributed by atoms with van der Waals surface area (Å²) in [7, 11) is -3.26. The number of ether oxygens (including phenoxy) is 1. The fourth-order valence-electron chi connectivity index (χ4n) is 2.09. The molecule has 0 saturated heterocycles. The number of benzene rings is 2. The molecule has 134 valence electrons. The summed E-state index contributed by atoms with van der Waals surface area (Å²) in [6.45, 7) is 1.51. The van der Waals surface area contributed by atoms with Crippen LogP contribution in [0.1, 0.15) is 18.5 Å². The van der Waals surface area contributed by atoms with Crippen LogP contribution >= 0.6 is 11.6 Å². The van der Waals surface area contributed by atoms with Crippen LogP contribution in [0.25, 0.3) is 0 Å². The average molecular weight is 386 g/mol. The van der Waals surface area contributed by atoms with E-state index in [4.69, 9.17) is 16.3 Å². The molecular weight excluding hydrogens is 369 g/mol. The predicted octanol–water partition coefficient (Wildman–Crippen LogP) is 3.14. The molecule has 0 bridgehead atoms. The number of rotatable bonds is 6. The minimum Gasteiger partial charge on any atom is -0.484 e. The Morgan fingerprint density at radius 2 is 1.88 bits per heavy atom. The first-order valence-corrected chi connectivity index (χ1v) is 9.61. The molecule has 2 aromatic rings.